The van der Waals surface area contributed by atoms with Crippen LogP contribution in [0.25, 0.3) is 0 Å². The molecule has 0 saturated heterocycles. The molecule has 0 aliphatic heterocycles. The van der Waals surface area contributed by atoms with E-state index in [0.717, 1.165) is 21.0 Å². The number of benzene rings is 1. The number of nitrogens with one attached hydrogen (secondary N) is 1. The second kappa shape index (κ2) is 7.37. The number of carbonyl (C=O) groups excluding carboxylic acids is 1. The van der Waals surface area contributed by atoms with Gasteiger partial charge >= 0.3 is 0 Å². The van der Waals surface area contributed by atoms with Gasteiger partial charge in [-0.15, -0.1) is 0 Å². The van der Waals surface area contributed by atoms with Crippen molar-refractivity contribution in [1.82, 2.24) is 14.8 Å². The van der Waals surface area contributed by atoms with E-state index in [0.29, 0.717) is 11.5 Å². The van der Waals surface area contributed by atoms with E-state index >= 15 is 0 Å². The van der Waals surface area contributed by atoms with Crippen LogP contribution >= 0.6 is 0 Å². The van der Waals surface area contributed by atoms with Gasteiger partial charge in [0.1, 0.15) is 5.76 Å². The smallest absolute Gasteiger partial charge is 0.243 e. The highest BCUT2D eigenvalue weighted by Gasteiger charge is 2.23. The van der Waals surface area contributed by atoms with Gasteiger partial charge in [-0.25, -0.2) is 8.42 Å². The summed E-state index contributed by atoms with van der Waals surface area (Å²) < 4.78 is 31.3. The number of likely N-dealkylation sites (N-methyl/N-ethyl adjacent to an activating group) is 1. The van der Waals surface area contributed by atoms with Crippen molar-refractivity contribution in [2.75, 3.05) is 13.6 Å². The third-order valence-corrected chi connectivity index (χ3v) is 6.00. The molecular weight excluding hydrogens is 342 g/mol. The van der Waals surface area contributed by atoms with Crippen LogP contribution in [0.2, 0.25) is 0 Å². The predicted molar refractivity (Wildman–Crippen MR) is 93.6 cm³/mol. The summed E-state index contributed by atoms with van der Waals surface area (Å²) in [7, 11) is -2.33. The summed E-state index contributed by atoms with van der Waals surface area (Å²) in [5, 5.41) is 6.51. The Hall–Kier alpha value is -2.19. The summed E-state index contributed by atoms with van der Waals surface area (Å²) in [6.07, 6.45) is 0. The number of hydrogen-bond acceptors (Lipinski definition) is 5. The van der Waals surface area contributed by atoms with Crippen LogP contribution in [-0.2, 0) is 21.4 Å². The van der Waals surface area contributed by atoms with Gasteiger partial charge < -0.3 is 9.84 Å². The van der Waals surface area contributed by atoms with Crippen molar-refractivity contribution >= 4 is 15.9 Å². The lowest BCUT2D eigenvalue weighted by molar-refractivity contribution is -0.121. The average molecular weight is 365 g/mol. The van der Waals surface area contributed by atoms with Crippen molar-refractivity contribution in [3.8, 4) is 0 Å². The van der Waals surface area contributed by atoms with Crippen LogP contribution in [0, 0.1) is 27.7 Å². The topological polar surface area (TPSA) is 92.5 Å². The molecule has 2 aromatic rings. The third-order valence-electron chi connectivity index (χ3n) is 4.20. The summed E-state index contributed by atoms with van der Waals surface area (Å²) in [5.41, 5.74) is 3.40. The highest BCUT2D eigenvalue weighted by Crippen LogP contribution is 2.18. The van der Waals surface area contributed by atoms with Gasteiger partial charge in [-0.3, -0.25) is 4.79 Å². The molecule has 1 N–H and O–H groups in total. The molecule has 0 fully saturated rings. The lowest BCUT2D eigenvalue weighted by Crippen LogP contribution is -2.38. The van der Waals surface area contributed by atoms with Crippen molar-refractivity contribution in [1.29, 1.82) is 0 Å². The van der Waals surface area contributed by atoms with E-state index in [9.17, 15) is 13.2 Å². The van der Waals surface area contributed by atoms with Crippen molar-refractivity contribution < 1.29 is 17.7 Å². The van der Waals surface area contributed by atoms with Crippen LogP contribution < -0.4 is 5.32 Å². The predicted octanol–water partition coefficient (Wildman–Crippen LogP) is 1.85. The Bertz CT molecular complexity index is 868. The Kier molecular flexibility index (Phi) is 5.64. The maximum atomic E-state index is 12.6. The van der Waals surface area contributed by atoms with E-state index in [1.54, 1.807) is 32.0 Å². The molecule has 25 heavy (non-hydrogen) atoms. The fourth-order valence-electron chi connectivity index (χ4n) is 2.34. The SMILES string of the molecule is Cc1ccc(S(=O)(=O)N(C)CC(=O)NCc2c(C)noc2C)cc1C. The molecule has 0 aliphatic carbocycles. The zero-order valence-electron chi connectivity index (χ0n) is 15.1. The lowest BCUT2D eigenvalue weighted by atomic mass is 10.1. The van der Waals surface area contributed by atoms with Crippen LogP contribution in [0.4, 0.5) is 0 Å². The van der Waals surface area contributed by atoms with E-state index in [1.165, 1.54) is 7.05 Å². The highest BCUT2D eigenvalue weighted by atomic mass is 32.2. The second-order valence-electron chi connectivity index (χ2n) is 6.09. The average Bonchev–Trinajstić information content (AvgIpc) is 2.86. The van der Waals surface area contributed by atoms with E-state index < -0.39 is 15.9 Å². The molecule has 2 rings (SSSR count). The zero-order valence-corrected chi connectivity index (χ0v) is 15.9. The fraction of sp³-hybridized carbons (Fsp3) is 0.412. The minimum atomic E-state index is -3.72. The fourth-order valence-corrected chi connectivity index (χ4v) is 3.55. The zero-order chi connectivity index (χ0) is 18.8. The maximum Gasteiger partial charge on any atom is 0.243 e. The summed E-state index contributed by atoms with van der Waals surface area (Å²) in [6, 6.07) is 4.92. The number of hydrogen-bond donors (Lipinski definition) is 1. The van der Waals surface area contributed by atoms with Crippen molar-refractivity contribution in [2.24, 2.45) is 0 Å². The molecule has 0 spiro atoms. The van der Waals surface area contributed by atoms with Gasteiger partial charge in [0.15, 0.2) is 0 Å². The highest BCUT2D eigenvalue weighted by molar-refractivity contribution is 7.89. The molecule has 8 heteroatoms. The molecule has 0 radical (unpaired) electrons. The van der Waals surface area contributed by atoms with Gasteiger partial charge in [0, 0.05) is 19.2 Å². The van der Waals surface area contributed by atoms with E-state index in [-0.39, 0.29) is 18.0 Å². The molecule has 1 aromatic carbocycles. The summed E-state index contributed by atoms with van der Waals surface area (Å²) in [6.45, 7) is 7.30. The van der Waals surface area contributed by atoms with Gasteiger partial charge in [0.05, 0.1) is 17.1 Å². The third kappa shape index (κ3) is 4.26. The standard InChI is InChI=1S/C17H23N3O4S/c1-11-6-7-15(8-12(11)2)25(22,23)20(5)10-17(21)18-9-16-13(3)19-24-14(16)4/h6-8H,9-10H2,1-5H3,(H,18,21). The largest absolute Gasteiger partial charge is 0.361 e. The first-order valence-electron chi connectivity index (χ1n) is 7.85. The Morgan fingerprint density at radius 2 is 1.88 bits per heavy atom. The van der Waals surface area contributed by atoms with Crippen LogP contribution in [0.15, 0.2) is 27.6 Å². The first-order chi connectivity index (χ1) is 11.6. The first-order valence-corrected chi connectivity index (χ1v) is 9.29. The Labute approximate surface area is 148 Å². The minimum absolute atomic E-state index is 0.177. The quantitative estimate of drug-likeness (QED) is 0.843. The number of sulfonamides is 1. The van der Waals surface area contributed by atoms with E-state index in [2.05, 4.69) is 10.5 Å². The van der Waals surface area contributed by atoms with Crippen LogP contribution in [0.5, 0.6) is 0 Å². The molecule has 1 aromatic heterocycles. The van der Waals surface area contributed by atoms with Gasteiger partial charge in [-0.1, -0.05) is 11.2 Å². The van der Waals surface area contributed by atoms with Gasteiger partial charge in [-0.2, -0.15) is 4.31 Å². The summed E-state index contributed by atoms with van der Waals surface area (Å²) >= 11 is 0. The molecule has 136 valence electrons. The maximum absolute atomic E-state index is 12.6. The Balaban J connectivity index is 2.03. The van der Waals surface area contributed by atoms with Crippen LogP contribution in [-0.4, -0.2) is 37.4 Å². The van der Waals surface area contributed by atoms with E-state index in [1.807, 2.05) is 13.8 Å². The Morgan fingerprint density at radius 1 is 1.20 bits per heavy atom. The van der Waals surface area contributed by atoms with Crippen LogP contribution in [0.3, 0.4) is 0 Å². The monoisotopic (exact) mass is 365 g/mol. The number of nitrogens with zero attached hydrogens (tertiary/aromatic N) is 2. The molecule has 0 saturated carbocycles. The van der Waals surface area contributed by atoms with Crippen molar-refractivity contribution in [3.05, 3.63) is 46.3 Å². The van der Waals surface area contributed by atoms with Crippen molar-refractivity contribution in [3.63, 3.8) is 0 Å². The molecule has 0 atom stereocenters. The van der Waals surface area contributed by atoms with Crippen LogP contribution in [0.1, 0.15) is 28.1 Å². The number of aryl methyl sites for hydroxylation is 4. The summed E-state index contributed by atoms with van der Waals surface area (Å²) in [4.78, 5) is 12.3. The minimum Gasteiger partial charge on any atom is -0.361 e. The van der Waals surface area contributed by atoms with Crippen molar-refractivity contribution in [2.45, 2.75) is 39.1 Å². The number of carbonyl (C=O) groups is 1. The number of rotatable bonds is 6. The molecule has 0 bridgehead atoms. The Morgan fingerprint density at radius 3 is 2.44 bits per heavy atom. The second-order valence-corrected chi connectivity index (χ2v) is 8.13. The van der Waals surface area contributed by atoms with Gasteiger partial charge in [-0.05, 0) is 51.0 Å². The molecule has 7 nitrogen and oxygen atoms in total. The first kappa shape index (κ1) is 19.1. The number of amides is 1. The molecule has 0 aliphatic rings. The van der Waals surface area contributed by atoms with Gasteiger partial charge in [0.25, 0.3) is 0 Å². The molecular formula is C17H23N3O4S. The van der Waals surface area contributed by atoms with E-state index in [4.69, 9.17) is 4.52 Å². The molecule has 1 amide bonds. The molecule has 1 heterocycles. The normalized spacial score (nSPS) is 11.8. The number of aromatic nitrogens is 1. The molecule has 0 unspecified atom stereocenters. The lowest BCUT2D eigenvalue weighted by Gasteiger charge is -2.17. The summed E-state index contributed by atoms with van der Waals surface area (Å²) in [5.74, 6) is 0.240. The van der Waals surface area contributed by atoms with Gasteiger partial charge in [0.2, 0.25) is 15.9 Å².